The average molecular weight is 347 g/mol. The van der Waals surface area contributed by atoms with Crippen molar-refractivity contribution < 1.29 is 0 Å². The Morgan fingerprint density at radius 1 is 1.14 bits per heavy atom. The first kappa shape index (κ1) is 16.2. The molecule has 0 aliphatic heterocycles. The van der Waals surface area contributed by atoms with Gasteiger partial charge in [0, 0.05) is 28.8 Å². The van der Waals surface area contributed by atoms with Crippen molar-refractivity contribution in [3.05, 3.63) is 63.9 Å². The third-order valence-electron chi connectivity index (χ3n) is 3.65. The minimum absolute atomic E-state index is 0.328. The first-order valence-corrected chi connectivity index (χ1v) is 8.45. The second-order valence-corrected chi connectivity index (χ2v) is 6.15. The number of benzene rings is 1. The normalized spacial score (nSPS) is 12.3. The highest BCUT2D eigenvalue weighted by Crippen LogP contribution is 2.22. The molecule has 1 N–H and O–H groups in total. The Morgan fingerprint density at radius 2 is 1.95 bits per heavy atom. The molecule has 0 amide bonds. The summed E-state index contributed by atoms with van der Waals surface area (Å²) in [4.78, 5) is 4.52. The maximum atomic E-state index is 4.52. The third kappa shape index (κ3) is 4.65. The first-order chi connectivity index (χ1) is 10.2. The van der Waals surface area contributed by atoms with E-state index in [2.05, 4.69) is 76.5 Å². The lowest BCUT2D eigenvalue weighted by molar-refractivity contribution is 0.521. The van der Waals surface area contributed by atoms with E-state index in [1.54, 1.807) is 0 Å². The van der Waals surface area contributed by atoms with Gasteiger partial charge >= 0.3 is 0 Å². The van der Waals surface area contributed by atoms with Crippen LogP contribution in [-0.2, 0) is 12.8 Å². The van der Waals surface area contributed by atoms with Crippen molar-refractivity contribution in [1.82, 2.24) is 10.3 Å². The van der Waals surface area contributed by atoms with E-state index < -0.39 is 0 Å². The van der Waals surface area contributed by atoms with Crippen LogP contribution in [0.3, 0.4) is 0 Å². The first-order valence-electron chi connectivity index (χ1n) is 7.66. The van der Waals surface area contributed by atoms with Gasteiger partial charge in [-0.25, -0.2) is 0 Å². The quantitative estimate of drug-likeness (QED) is 0.786. The molecule has 0 bridgehead atoms. The largest absolute Gasteiger partial charge is 0.310 e. The fourth-order valence-electron chi connectivity index (χ4n) is 2.54. The molecule has 1 unspecified atom stereocenters. The van der Waals surface area contributed by atoms with Crippen LogP contribution in [0.25, 0.3) is 0 Å². The van der Waals surface area contributed by atoms with Gasteiger partial charge in [0.05, 0.1) is 0 Å². The SMILES string of the molecule is CCCNC(Cc1ccc(Br)cn1)c1ccccc1CC. The molecule has 0 saturated carbocycles. The molecule has 0 aliphatic carbocycles. The number of halogens is 1. The topological polar surface area (TPSA) is 24.9 Å². The van der Waals surface area contributed by atoms with Gasteiger partial charge in [-0.15, -0.1) is 0 Å². The average Bonchev–Trinajstić information content (AvgIpc) is 2.53. The van der Waals surface area contributed by atoms with E-state index in [1.807, 2.05) is 6.20 Å². The fourth-order valence-corrected chi connectivity index (χ4v) is 2.78. The molecular formula is C18H23BrN2. The molecule has 1 aromatic carbocycles. The van der Waals surface area contributed by atoms with Crippen LogP contribution in [0.4, 0.5) is 0 Å². The van der Waals surface area contributed by atoms with Crippen LogP contribution in [-0.4, -0.2) is 11.5 Å². The number of aromatic nitrogens is 1. The number of hydrogen-bond donors (Lipinski definition) is 1. The van der Waals surface area contributed by atoms with E-state index in [4.69, 9.17) is 0 Å². The van der Waals surface area contributed by atoms with Crippen molar-refractivity contribution in [3.63, 3.8) is 0 Å². The van der Waals surface area contributed by atoms with E-state index in [0.29, 0.717) is 6.04 Å². The molecule has 2 rings (SSSR count). The summed E-state index contributed by atoms with van der Waals surface area (Å²) in [6.45, 7) is 5.44. The molecule has 3 heteroatoms. The van der Waals surface area contributed by atoms with Gasteiger partial charge in [0.15, 0.2) is 0 Å². The van der Waals surface area contributed by atoms with Crippen LogP contribution in [0, 0.1) is 0 Å². The Kier molecular flexibility index (Phi) is 6.40. The van der Waals surface area contributed by atoms with Crippen molar-refractivity contribution in [1.29, 1.82) is 0 Å². The third-order valence-corrected chi connectivity index (χ3v) is 4.12. The Labute approximate surface area is 136 Å². The number of pyridine rings is 1. The second-order valence-electron chi connectivity index (χ2n) is 5.23. The molecule has 0 aliphatic rings. The molecule has 0 spiro atoms. The molecule has 0 saturated heterocycles. The van der Waals surface area contributed by atoms with Crippen molar-refractivity contribution >= 4 is 15.9 Å². The summed E-state index contributed by atoms with van der Waals surface area (Å²) >= 11 is 3.44. The van der Waals surface area contributed by atoms with Gasteiger partial charge in [0.2, 0.25) is 0 Å². The lowest BCUT2D eigenvalue weighted by atomic mass is 9.95. The summed E-state index contributed by atoms with van der Waals surface area (Å²) < 4.78 is 1.03. The molecular weight excluding hydrogens is 324 g/mol. The van der Waals surface area contributed by atoms with E-state index >= 15 is 0 Å². The summed E-state index contributed by atoms with van der Waals surface area (Å²) in [7, 11) is 0. The summed E-state index contributed by atoms with van der Waals surface area (Å²) in [6.07, 6.45) is 5.00. The van der Waals surface area contributed by atoms with E-state index in [0.717, 1.165) is 36.0 Å². The summed E-state index contributed by atoms with van der Waals surface area (Å²) in [6, 6.07) is 13.2. The predicted octanol–water partition coefficient (Wildman–Crippen LogP) is 4.69. The summed E-state index contributed by atoms with van der Waals surface area (Å²) in [5, 5.41) is 3.67. The van der Waals surface area contributed by atoms with Crippen LogP contribution in [0.5, 0.6) is 0 Å². The summed E-state index contributed by atoms with van der Waals surface area (Å²) in [5.41, 5.74) is 3.94. The number of rotatable bonds is 7. The minimum atomic E-state index is 0.328. The Hall–Kier alpha value is -1.19. The van der Waals surface area contributed by atoms with Gasteiger partial charge < -0.3 is 5.32 Å². The molecule has 21 heavy (non-hydrogen) atoms. The number of nitrogens with zero attached hydrogens (tertiary/aromatic N) is 1. The Morgan fingerprint density at radius 3 is 2.62 bits per heavy atom. The van der Waals surface area contributed by atoms with Crippen LogP contribution in [0.1, 0.15) is 43.1 Å². The highest BCUT2D eigenvalue weighted by molar-refractivity contribution is 9.10. The highest BCUT2D eigenvalue weighted by Gasteiger charge is 2.15. The van der Waals surface area contributed by atoms with Gasteiger partial charge in [0.25, 0.3) is 0 Å². The van der Waals surface area contributed by atoms with Crippen molar-refractivity contribution in [2.45, 2.75) is 39.2 Å². The van der Waals surface area contributed by atoms with Gasteiger partial charge in [-0.3, -0.25) is 4.98 Å². The maximum Gasteiger partial charge on any atom is 0.0423 e. The van der Waals surface area contributed by atoms with Crippen molar-refractivity contribution in [2.75, 3.05) is 6.54 Å². The Bertz CT molecular complexity index is 551. The van der Waals surface area contributed by atoms with Crippen LogP contribution >= 0.6 is 15.9 Å². The zero-order chi connectivity index (χ0) is 15.1. The molecule has 1 aromatic heterocycles. The monoisotopic (exact) mass is 346 g/mol. The number of aryl methyl sites for hydroxylation is 1. The van der Waals surface area contributed by atoms with Gasteiger partial charge in [-0.05, 0) is 58.6 Å². The predicted molar refractivity (Wildman–Crippen MR) is 92.5 cm³/mol. The minimum Gasteiger partial charge on any atom is -0.310 e. The van der Waals surface area contributed by atoms with Gasteiger partial charge in [-0.1, -0.05) is 38.1 Å². The smallest absolute Gasteiger partial charge is 0.0423 e. The summed E-state index contributed by atoms with van der Waals surface area (Å²) in [5.74, 6) is 0. The zero-order valence-corrected chi connectivity index (χ0v) is 14.4. The van der Waals surface area contributed by atoms with E-state index in [9.17, 15) is 0 Å². The second kappa shape index (κ2) is 8.30. The Balaban J connectivity index is 2.23. The number of hydrogen-bond acceptors (Lipinski definition) is 2. The van der Waals surface area contributed by atoms with Crippen molar-refractivity contribution in [2.24, 2.45) is 0 Å². The zero-order valence-electron chi connectivity index (χ0n) is 12.8. The van der Waals surface area contributed by atoms with Crippen LogP contribution < -0.4 is 5.32 Å². The van der Waals surface area contributed by atoms with Crippen molar-refractivity contribution in [3.8, 4) is 0 Å². The molecule has 2 aromatic rings. The molecule has 112 valence electrons. The number of nitrogens with one attached hydrogen (secondary N) is 1. The highest BCUT2D eigenvalue weighted by atomic mass is 79.9. The van der Waals surface area contributed by atoms with Gasteiger partial charge in [-0.2, -0.15) is 0 Å². The van der Waals surface area contributed by atoms with E-state index in [-0.39, 0.29) is 0 Å². The van der Waals surface area contributed by atoms with E-state index in [1.165, 1.54) is 11.1 Å². The molecule has 0 radical (unpaired) electrons. The maximum absolute atomic E-state index is 4.52. The lowest BCUT2D eigenvalue weighted by Crippen LogP contribution is -2.25. The van der Waals surface area contributed by atoms with Gasteiger partial charge in [0.1, 0.15) is 0 Å². The lowest BCUT2D eigenvalue weighted by Gasteiger charge is -2.21. The molecule has 2 nitrogen and oxygen atoms in total. The molecule has 1 atom stereocenters. The molecule has 0 fully saturated rings. The van der Waals surface area contributed by atoms with Crippen LogP contribution in [0.2, 0.25) is 0 Å². The fraction of sp³-hybridized carbons (Fsp3) is 0.389. The molecule has 1 heterocycles. The van der Waals surface area contributed by atoms with Crippen LogP contribution in [0.15, 0.2) is 47.1 Å². The standard InChI is InChI=1S/C18H23BrN2/c1-3-11-20-18(12-16-10-9-15(19)13-21-16)17-8-6-5-7-14(17)4-2/h5-10,13,18,20H,3-4,11-12H2,1-2H3.